The van der Waals surface area contributed by atoms with E-state index in [4.69, 9.17) is 5.11 Å². The number of carboxylic acids is 1. The molecular formula is C10H13N3O4. The van der Waals surface area contributed by atoms with Crippen LogP contribution in [0.25, 0.3) is 0 Å². The van der Waals surface area contributed by atoms with E-state index in [-0.39, 0.29) is 18.8 Å². The Morgan fingerprint density at radius 1 is 1.71 bits per heavy atom. The van der Waals surface area contributed by atoms with Gasteiger partial charge in [0, 0.05) is 12.6 Å². The predicted molar refractivity (Wildman–Crippen MR) is 58.6 cm³/mol. The van der Waals surface area contributed by atoms with Crippen LogP contribution in [0, 0.1) is 0 Å². The third kappa shape index (κ3) is 3.33. The van der Waals surface area contributed by atoms with Gasteiger partial charge in [0.05, 0.1) is 12.7 Å². The van der Waals surface area contributed by atoms with Gasteiger partial charge in [-0.2, -0.15) is 5.10 Å². The molecule has 1 aromatic rings. The van der Waals surface area contributed by atoms with Crippen molar-refractivity contribution in [2.45, 2.75) is 6.54 Å². The van der Waals surface area contributed by atoms with E-state index in [0.29, 0.717) is 5.56 Å². The number of nitrogens with zero attached hydrogens (tertiary/aromatic N) is 2. The minimum atomic E-state index is -1.10. The van der Waals surface area contributed by atoms with Crippen molar-refractivity contribution in [1.29, 1.82) is 0 Å². The molecule has 0 aromatic carbocycles. The zero-order valence-electron chi connectivity index (χ0n) is 9.34. The predicted octanol–water partition coefficient (Wildman–Crippen LogP) is 0.530. The molecule has 0 saturated carbocycles. The maximum absolute atomic E-state index is 11.1. The lowest BCUT2D eigenvalue weighted by atomic mass is 10.2. The first kappa shape index (κ1) is 12.8. The van der Waals surface area contributed by atoms with Gasteiger partial charge in [0.25, 0.3) is 0 Å². The molecule has 92 valence electrons. The van der Waals surface area contributed by atoms with Gasteiger partial charge in [-0.25, -0.2) is 9.59 Å². The molecule has 0 bridgehead atoms. The number of hydrogen-bond acceptors (Lipinski definition) is 4. The third-order valence-electron chi connectivity index (χ3n) is 1.97. The molecule has 0 aliphatic rings. The molecule has 0 aliphatic carbocycles. The van der Waals surface area contributed by atoms with Gasteiger partial charge in [-0.15, -0.1) is 0 Å². The van der Waals surface area contributed by atoms with Crippen LogP contribution in [0.4, 0.5) is 4.79 Å². The summed E-state index contributed by atoms with van der Waals surface area (Å²) in [7, 11) is 1.52. The molecular weight excluding hydrogens is 226 g/mol. The van der Waals surface area contributed by atoms with Crippen molar-refractivity contribution in [3.8, 4) is 0 Å². The van der Waals surface area contributed by atoms with Crippen LogP contribution in [0.1, 0.15) is 16.1 Å². The van der Waals surface area contributed by atoms with Gasteiger partial charge in [-0.1, -0.05) is 12.7 Å². The summed E-state index contributed by atoms with van der Waals surface area (Å²) < 4.78 is 5.91. The van der Waals surface area contributed by atoms with E-state index in [1.165, 1.54) is 24.0 Å². The second kappa shape index (κ2) is 5.69. The highest BCUT2D eigenvalue weighted by atomic mass is 16.5. The van der Waals surface area contributed by atoms with E-state index in [0.717, 1.165) is 0 Å². The van der Waals surface area contributed by atoms with Crippen molar-refractivity contribution >= 4 is 12.1 Å². The molecule has 17 heavy (non-hydrogen) atoms. The van der Waals surface area contributed by atoms with Crippen LogP contribution in [0.2, 0.25) is 0 Å². The first-order valence-corrected chi connectivity index (χ1v) is 4.82. The molecule has 0 aliphatic heterocycles. The number of alkyl carbamates (subject to hydrolysis) is 1. The lowest BCUT2D eigenvalue weighted by Crippen LogP contribution is -2.24. The average molecular weight is 239 g/mol. The number of carbonyl (C=O) groups excluding carboxylic acids is 1. The second-order valence-electron chi connectivity index (χ2n) is 3.19. The molecule has 1 aromatic heterocycles. The highest BCUT2D eigenvalue weighted by Crippen LogP contribution is 2.06. The summed E-state index contributed by atoms with van der Waals surface area (Å²) in [5.41, 5.74) is 0.449. The Labute approximate surface area is 97.7 Å². The monoisotopic (exact) mass is 239 g/mol. The number of rotatable bonds is 5. The molecule has 0 saturated heterocycles. The number of carbonyl (C=O) groups is 2. The Morgan fingerprint density at radius 2 is 2.41 bits per heavy atom. The summed E-state index contributed by atoms with van der Waals surface area (Å²) in [6.45, 7) is 3.54. The van der Waals surface area contributed by atoms with Crippen molar-refractivity contribution in [2.75, 3.05) is 6.61 Å². The number of amides is 1. The minimum Gasteiger partial charge on any atom is -0.477 e. The number of hydrogen-bond donors (Lipinski definition) is 2. The molecule has 0 atom stereocenters. The highest BCUT2D eigenvalue weighted by molar-refractivity contribution is 5.87. The fourth-order valence-corrected chi connectivity index (χ4v) is 1.24. The minimum absolute atomic E-state index is 0.0361. The van der Waals surface area contributed by atoms with Crippen LogP contribution in [0.15, 0.2) is 18.9 Å². The van der Waals surface area contributed by atoms with E-state index in [1.54, 1.807) is 0 Å². The van der Waals surface area contributed by atoms with Gasteiger partial charge < -0.3 is 15.2 Å². The highest BCUT2D eigenvalue weighted by Gasteiger charge is 2.16. The molecule has 0 radical (unpaired) electrons. The van der Waals surface area contributed by atoms with E-state index >= 15 is 0 Å². The van der Waals surface area contributed by atoms with Gasteiger partial charge >= 0.3 is 12.1 Å². The lowest BCUT2D eigenvalue weighted by molar-refractivity contribution is 0.0683. The molecule has 7 nitrogen and oxygen atoms in total. The smallest absolute Gasteiger partial charge is 0.407 e. The molecule has 0 spiro atoms. The molecule has 7 heteroatoms. The van der Waals surface area contributed by atoms with E-state index < -0.39 is 12.1 Å². The van der Waals surface area contributed by atoms with Crippen molar-refractivity contribution in [3.05, 3.63) is 30.1 Å². The zero-order chi connectivity index (χ0) is 12.8. The van der Waals surface area contributed by atoms with Gasteiger partial charge in [0.1, 0.15) is 6.61 Å². The number of ether oxygens (including phenoxy) is 1. The van der Waals surface area contributed by atoms with Gasteiger partial charge in [-0.05, 0) is 0 Å². The van der Waals surface area contributed by atoms with Crippen molar-refractivity contribution in [1.82, 2.24) is 15.1 Å². The Bertz CT molecular complexity index is 439. The van der Waals surface area contributed by atoms with Gasteiger partial charge in [-0.3, -0.25) is 4.68 Å². The Balaban J connectivity index is 2.60. The van der Waals surface area contributed by atoms with Crippen LogP contribution in [0.5, 0.6) is 0 Å². The maximum atomic E-state index is 11.1. The van der Waals surface area contributed by atoms with Crippen molar-refractivity contribution < 1.29 is 19.4 Å². The van der Waals surface area contributed by atoms with Crippen LogP contribution < -0.4 is 5.32 Å². The van der Waals surface area contributed by atoms with E-state index in [1.807, 2.05) is 0 Å². The summed E-state index contributed by atoms with van der Waals surface area (Å²) in [5, 5.41) is 15.1. The summed E-state index contributed by atoms with van der Waals surface area (Å²) in [4.78, 5) is 22.0. The molecule has 1 heterocycles. The summed E-state index contributed by atoms with van der Waals surface area (Å²) in [6, 6.07) is 0. The quantitative estimate of drug-likeness (QED) is 0.731. The fourth-order valence-electron chi connectivity index (χ4n) is 1.24. The summed E-state index contributed by atoms with van der Waals surface area (Å²) in [5.74, 6) is -1.10. The molecule has 1 rings (SSSR count). The molecule has 1 amide bonds. The van der Waals surface area contributed by atoms with Crippen LogP contribution in [0.3, 0.4) is 0 Å². The lowest BCUT2D eigenvalue weighted by Gasteiger charge is -2.04. The first-order valence-electron chi connectivity index (χ1n) is 4.82. The number of nitrogens with one attached hydrogen (secondary N) is 1. The molecule has 0 fully saturated rings. The van der Waals surface area contributed by atoms with E-state index in [2.05, 4.69) is 21.7 Å². The van der Waals surface area contributed by atoms with Crippen LogP contribution >= 0.6 is 0 Å². The Morgan fingerprint density at radius 3 is 3.00 bits per heavy atom. The maximum Gasteiger partial charge on any atom is 0.407 e. The zero-order valence-corrected chi connectivity index (χ0v) is 9.34. The standard InChI is InChI=1S/C10H13N3O4/c1-3-4-17-10(16)11-5-7-6-12-13(2)8(7)9(14)15/h3,6H,1,4-5H2,2H3,(H,11,16)(H,14,15). The number of aromatic nitrogens is 2. The Kier molecular flexibility index (Phi) is 4.27. The Hall–Kier alpha value is -2.31. The first-order chi connectivity index (χ1) is 8.06. The average Bonchev–Trinajstić information content (AvgIpc) is 2.65. The topological polar surface area (TPSA) is 93.5 Å². The SMILES string of the molecule is C=CCOC(=O)NCc1cnn(C)c1C(=O)O. The fraction of sp³-hybridized carbons (Fsp3) is 0.300. The van der Waals surface area contributed by atoms with Crippen molar-refractivity contribution in [3.63, 3.8) is 0 Å². The van der Waals surface area contributed by atoms with Crippen molar-refractivity contribution in [2.24, 2.45) is 7.05 Å². The van der Waals surface area contributed by atoms with Gasteiger partial charge in [0.2, 0.25) is 0 Å². The summed E-state index contributed by atoms with van der Waals surface area (Å²) >= 11 is 0. The second-order valence-corrected chi connectivity index (χ2v) is 3.19. The van der Waals surface area contributed by atoms with Crippen LogP contribution in [-0.4, -0.2) is 33.6 Å². The number of aryl methyl sites for hydroxylation is 1. The van der Waals surface area contributed by atoms with Gasteiger partial charge in [0.15, 0.2) is 5.69 Å². The third-order valence-corrected chi connectivity index (χ3v) is 1.97. The molecule has 0 unspecified atom stereocenters. The molecule has 2 N–H and O–H groups in total. The number of aromatic carboxylic acids is 1. The van der Waals surface area contributed by atoms with E-state index in [9.17, 15) is 9.59 Å². The van der Waals surface area contributed by atoms with Crippen LogP contribution in [-0.2, 0) is 18.3 Å². The largest absolute Gasteiger partial charge is 0.477 e. The summed E-state index contributed by atoms with van der Waals surface area (Å²) in [6.07, 6.45) is 2.19. The normalized spacial score (nSPS) is 9.71. The number of carboxylic acid groups (broad SMARTS) is 1.